The van der Waals surface area contributed by atoms with Crippen molar-refractivity contribution >= 4 is 22.4 Å². The highest BCUT2D eigenvalue weighted by Crippen LogP contribution is 2.23. The fourth-order valence-electron chi connectivity index (χ4n) is 1.46. The third-order valence-corrected chi connectivity index (χ3v) is 3.08. The second kappa shape index (κ2) is 5.25. The second-order valence-electron chi connectivity index (χ2n) is 4.10. The van der Waals surface area contributed by atoms with Gasteiger partial charge in [0, 0.05) is 29.7 Å². The maximum atomic E-state index is 5.69. The van der Waals surface area contributed by atoms with E-state index in [9.17, 15) is 0 Å². The molecule has 0 aliphatic carbocycles. The maximum Gasteiger partial charge on any atom is 0.207 e. The molecule has 0 bridgehead atoms. The van der Waals surface area contributed by atoms with Gasteiger partial charge >= 0.3 is 0 Å². The zero-order chi connectivity index (χ0) is 12.3. The van der Waals surface area contributed by atoms with Gasteiger partial charge in [0.05, 0.1) is 0 Å². The molecule has 3 N–H and O–H groups in total. The number of aromatic nitrogens is 2. The molecule has 17 heavy (non-hydrogen) atoms. The Balaban J connectivity index is 2.19. The fraction of sp³-hybridized carbons (Fsp3) is 0.333. The van der Waals surface area contributed by atoms with Gasteiger partial charge in [0.2, 0.25) is 5.13 Å². The number of hydrogen-bond donors (Lipinski definition) is 2. The average Bonchev–Trinajstić information content (AvgIpc) is 2.78. The first-order valence-corrected chi connectivity index (χ1v) is 6.36. The normalized spacial score (nSPS) is 10.8. The van der Waals surface area contributed by atoms with Crippen LogP contribution in [0, 0.1) is 0 Å². The van der Waals surface area contributed by atoms with Crippen LogP contribution < -0.4 is 11.1 Å². The molecule has 0 aliphatic heterocycles. The molecular weight excluding hydrogens is 232 g/mol. The van der Waals surface area contributed by atoms with Crippen molar-refractivity contribution in [1.82, 2.24) is 9.36 Å². The quantitative estimate of drug-likeness (QED) is 0.873. The molecular formula is C12H16N4S. The minimum atomic E-state index is 0.353. The number of nitrogens with zero attached hydrogens (tertiary/aromatic N) is 2. The summed E-state index contributed by atoms with van der Waals surface area (Å²) >= 11 is 1.38. The summed E-state index contributed by atoms with van der Waals surface area (Å²) in [6.07, 6.45) is 0. The van der Waals surface area contributed by atoms with Crippen LogP contribution in [0.25, 0.3) is 0 Å². The Morgan fingerprint density at radius 2 is 2.12 bits per heavy atom. The lowest BCUT2D eigenvalue weighted by molar-refractivity contribution is 0.800. The molecule has 0 unspecified atom stereocenters. The number of nitrogens with two attached hydrogens (primary N) is 1. The molecule has 1 aromatic heterocycles. The van der Waals surface area contributed by atoms with Crippen LogP contribution in [-0.4, -0.2) is 9.36 Å². The van der Waals surface area contributed by atoms with Gasteiger partial charge in [0.1, 0.15) is 5.82 Å². The summed E-state index contributed by atoms with van der Waals surface area (Å²) in [5.41, 5.74) is 7.76. The van der Waals surface area contributed by atoms with Crippen LogP contribution in [0.1, 0.15) is 31.2 Å². The molecule has 0 saturated heterocycles. The van der Waals surface area contributed by atoms with Gasteiger partial charge in [0.15, 0.2) is 0 Å². The van der Waals surface area contributed by atoms with E-state index in [1.165, 1.54) is 11.5 Å². The molecule has 0 amide bonds. The fourth-order valence-corrected chi connectivity index (χ4v) is 2.18. The molecule has 90 valence electrons. The number of rotatable bonds is 4. The van der Waals surface area contributed by atoms with Crippen molar-refractivity contribution in [3.63, 3.8) is 0 Å². The predicted molar refractivity (Wildman–Crippen MR) is 71.6 cm³/mol. The minimum Gasteiger partial charge on any atom is -0.330 e. The molecule has 2 rings (SSSR count). The van der Waals surface area contributed by atoms with Gasteiger partial charge in [-0.2, -0.15) is 4.37 Å². The van der Waals surface area contributed by atoms with Crippen molar-refractivity contribution in [2.75, 3.05) is 5.32 Å². The van der Waals surface area contributed by atoms with E-state index < -0.39 is 0 Å². The Bertz CT molecular complexity index is 493. The first-order chi connectivity index (χ1) is 8.20. The largest absolute Gasteiger partial charge is 0.330 e. The molecule has 5 heteroatoms. The SMILES string of the molecule is CC(C)c1nsc(Nc2ccccc2CN)n1. The number of nitrogens with one attached hydrogen (secondary N) is 1. The molecule has 2 aromatic rings. The Morgan fingerprint density at radius 1 is 1.35 bits per heavy atom. The van der Waals surface area contributed by atoms with E-state index in [2.05, 4.69) is 28.5 Å². The molecule has 1 aromatic carbocycles. The van der Waals surface area contributed by atoms with Gasteiger partial charge in [0.25, 0.3) is 0 Å². The van der Waals surface area contributed by atoms with Crippen molar-refractivity contribution in [3.05, 3.63) is 35.7 Å². The lowest BCUT2D eigenvalue weighted by Crippen LogP contribution is -2.01. The lowest BCUT2D eigenvalue weighted by Gasteiger charge is -2.07. The topological polar surface area (TPSA) is 63.8 Å². The van der Waals surface area contributed by atoms with Gasteiger partial charge in [-0.1, -0.05) is 32.0 Å². The molecule has 0 spiro atoms. The number of benzene rings is 1. The Hall–Kier alpha value is -1.46. The van der Waals surface area contributed by atoms with E-state index >= 15 is 0 Å². The van der Waals surface area contributed by atoms with E-state index in [0.717, 1.165) is 22.2 Å². The van der Waals surface area contributed by atoms with Crippen molar-refractivity contribution in [1.29, 1.82) is 0 Å². The summed E-state index contributed by atoms with van der Waals surface area (Å²) < 4.78 is 4.30. The van der Waals surface area contributed by atoms with Crippen LogP contribution >= 0.6 is 11.5 Å². The lowest BCUT2D eigenvalue weighted by atomic mass is 10.2. The highest BCUT2D eigenvalue weighted by atomic mass is 32.1. The summed E-state index contributed by atoms with van der Waals surface area (Å²) in [6.45, 7) is 4.68. The van der Waals surface area contributed by atoms with Crippen molar-refractivity contribution in [3.8, 4) is 0 Å². The maximum absolute atomic E-state index is 5.69. The zero-order valence-electron chi connectivity index (χ0n) is 9.97. The van der Waals surface area contributed by atoms with Crippen LogP contribution in [0.2, 0.25) is 0 Å². The average molecular weight is 248 g/mol. The molecule has 1 heterocycles. The van der Waals surface area contributed by atoms with Crippen molar-refractivity contribution < 1.29 is 0 Å². The Kier molecular flexibility index (Phi) is 3.71. The van der Waals surface area contributed by atoms with Gasteiger partial charge in [-0.3, -0.25) is 0 Å². The van der Waals surface area contributed by atoms with E-state index in [0.29, 0.717) is 12.5 Å². The smallest absolute Gasteiger partial charge is 0.207 e. The molecule has 0 atom stereocenters. The van der Waals surface area contributed by atoms with E-state index in [4.69, 9.17) is 5.73 Å². The van der Waals surface area contributed by atoms with Crippen molar-refractivity contribution in [2.45, 2.75) is 26.3 Å². The van der Waals surface area contributed by atoms with E-state index in [-0.39, 0.29) is 0 Å². The summed E-state index contributed by atoms with van der Waals surface area (Å²) in [7, 11) is 0. The van der Waals surface area contributed by atoms with E-state index in [1.807, 2.05) is 24.3 Å². The monoisotopic (exact) mass is 248 g/mol. The third-order valence-electron chi connectivity index (χ3n) is 2.44. The van der Waals surface area contributed by atoms with Gasteiger partial charge in [-0.15, -0.1) is 0 Å². The predicted octanol–water partition coefficient (Wildman–Crippen LogP) is 2.86. The second-order valence-corrected chi connectivity index (χ2v) is 4.85. The summed E-state index contributed by atoms with van der Waals surface area (Å²) in [5, 5.41) is 4.08. The summed E-state index contributed by atoms with van der Waals surface area (Å²) in [4.78, 5) is 4.44. The van der Waals surface area contributed by atoms with Crippen LogP contribution in [0.5, 0.6) is 0 Å². The van der Waals surface area contributed by atoms with Crippen LogP contribution in [0.3, 0.4) is 0 Å². The van der Waals surface area contributed by atoms with Crippen molar-refractivity contribution in [2.24, 2.45) is 5.73 Å². The Labute approximate surface area is 105 Å². The molecule has 0 radical (unpaired) electrons. The summed E-state index contributed by atoms with van der Waals surface area (Å²) in [6, 6.07) is 7.96. The zero-order valence-corrected chi connectivity index (χ0v) is 10.8. The third kappa shape index (κ3) is 2.81. The Morgan fingerprint density at radius 3 is 2.76 bits per heavy atom. The standard InChI is InChI=1S/C12H16N4S/c1-8(2)11-15-12(17-16-11)14-10-6-4-3-5-9(10)7-13/h3-6,8H,7,13H2,1-2H3,(H,14,15,16). The first-order valence-electron chi connectivity index (χ1n) is 5.59. The van der Waals surface area contributed by atoms with E-state index in [1.54, 1.807) is 0 Å². The molecule has 4 nitrogen and oxygen atoms in total. The highest BCUT2D eigenvalue weighted by molar-refractivity contribution is 7.09. The van der Waals surface area contributed by atoms with Crippen LogP contribution in [-0.2, 0) is 6.54 Å². The molecule has 0 aliphatic rings. The van der Waals surface area contributed by atoms with Gasteiger partial charge < -0.3 is 11.1 Å². The first kappa shape index (κ1) is 12.0. The summed E-state index contributed by atoms with van der Waals surface area (Å²) in [5.74, 6) is 1.23. The molecule has 0 fully saturated rings. The van der Waals surface area contributed by atoms with Crippen LogP contribution in [0.15, 0.2) is 24.3 Å². The number of para-hydroxylation sites is 1. The van der Waals surface area contributed by atoms with Crippen LogP contribution in [0.4, 0.5) is 10.8 Å². The van der Waals surface area contributed by atoms with Gasteiger partial charge in [-0.05, 0) is 11.6 Å². The molecule has 0 saturated carbocycles. The minimum absolute atomic E-state index is 0.353. The highest BCUT2D eigenvalue weighted by Gasteiger charge is 2.08. The number of anilines is 2. The number of hydrogen-bond acceptors (Lipinski definition) is 5. The van der Waals surface area contributed by atoms with Gasteiger partial charge in [-0.25, -0.2) is 4.98 Å².